The number of alkyl carbamates (subject to hydrolysis) is 1. The summed E-state index contributed by atoms with van der Waals surface area (Å²) in [5.41, 5.74) is 0.185. The first-order valence-electron chi connectivity index (χ1n) is 11.8. The number of benzene rings is 1. The van der Waals surface area contributed by atoms with E-state index in [1.54, 1.807) is 39.8 Å². The van der Waals surface area contributed by atoms with Gasteiger partial charge in [0.25, 0.3) is 5.88 Å². The van der Waals surface area contributed by atoms with Crippen LogP contribution in [0.3, 0.4) is 0 Å². The molecule has 2 aromatic heterocycles. The van der Waals surface area contributed by atoms with E-state index in [1.807, 2.05) is 0 Å². The van der Waals surface area contributed by atoms with Crippen molar-refractivity contribution in [2.24, 2.45) is 0 Å². The minimum atomic E-state index is -0.731. The Hall–Kier alpha value is -3.79. The van der Waals surface area contributed by atoms with Gasteiger partial charge in [0.2, 0.25) is 0 Å². The van der Waals surface area contributed by atoms with Gasteiger partial charge in [0.15, 0.2) is 5.82 Å². The minimum Gasteiger partial charge on any atom is -0.466 e. The molecule has 11 heteroatoms. The molecule has 0 saturated carbocycles. The lowest BCUT2D eigenvalue weighted by molar-refractivity contribution is -0.143. The molecule has 3 rings (SSSR count). The van der Waals surface area contributed by atoms with Crippen molar-refractivity contribution < 1.29 is 32.6 Å². The summed E-state index contributed by atoms with van der Waals surface area (Å²) in [5.74, 6) is -1.78. The molecule has 1 unspecified atom stereocenters. The van der Waals surface area contributed by atoms with E-state index in [0.717, 1.165) is 6.07 Å². The fraction of sp³-hybridized carbons (Fsp3) is 0.333. The molecule has 0 saturated heterocycles. The number of carbonyl (C=O) groups is 2. The van der Waals surface area contributed by atoms with E-state index in [4.69, 9.17) is 25.8 Å². The van der Waals surface area contributed by atoms with Gasteiger partial charge in [-0.1, -0.05) is 11.6 Å². The predicted molar refractivity (Wildman–Crippen MR) is 137 cm³/mol. The van der Waals surface area contributed by atoms with Crippen molar-refractivity contribution in [3.05, 3.63) is 71.0 Å². The molecule has 0 spiro atoms. The SMILES string of the molecule is CCOC(=O)CC(Cc1ccc(F)c(-c2ccc(Oc3ncc(Cl)cc3F)cc2)n1)NC(=O)OC(C)(C)C. The van der Waals surface area contributed by atoms with Crippen LogP contribution in [0.2, 0.25) is 5.02 Å². The molecule has 38 heavy (non-hydrogen) atoms. The van der Waals surface area contributed by atoms with Crippen LogP contribution in [-0.4, -0.2) is 40.3 Å². The molecule has 0 aliphatic rings. The molecule has 0 aliphatic carbocycles. The van der Waals surface area contributed by atoms with Crippen LogP contribution in [0, 0.1) is 11.6 Å². The van der Waals surface area contributed by atoms with Crippen molar-refractivity contribution >= 4 is 23.7 Å². The van der Waals surface area contributed by atoms with Gasteiger partial charge in [-0.15, -0.1) is 0 Å². The Morgan fingerprint density at radius 3 is 2.42 bits per heavy atom. The van der Waals surface area contributed by atoms with E-state index in [9.17, 15) is 18.4 Å². The fourth-order valence-corrected chi connectivity index (χ4v) is 3.53. The summed E-state index contributed by atoms with van der Waals surface area (Å²) < 4.78 is 44.4. The molecule has 202 valence electrons. The van der Waals surface area contributed by atoms with Crippen molar-refractivity contribution in [1.29, 1.82) is 0 Å². The number of aromatic nitrogens is 2. The van der Waals surface area contributed by atoms with Gasteiger partial charge in [0.1, 0.15) is 22.9 Å². The number of ether oxygens (including phenoxy) is 3. The minimum absolute atomic E-state index is 0.0528. The third-order valence-corrected chi connectivity index (χ3v) is 5.12. The van der Waals surface area contributed by atoms with Crippen molar-refractivity contribution in [3.8, 4) is 22.9 Å². The number of hydrogen-bond donors (Lipinski definition) is 1. The van der Waals surface area contributed by atoms with Crippen molar-refractivity contribution in [1.82, 2.24) is 15.3 Å². The number of halogens is 3. The van der Waals surface area contributed by atoms with E-state index in [-0.39, 0.29) is 41.8 Å². The average Bonchev–Trinajstić information content (AvgIpc) is 2.81. The van der Waals surface area contributed by atoms with Gasteiger partial charge in [0.05, 0.1) is 18.1 Å². The molecule has 0 aliphatic heterocycles. The third-order valence-electron chi connectivity index (χ3n) is 4.91. The Bertz CT molecular complexity index is 1280. The summed E-state index contributed by atoms with van der Waals surface area (Å²) in [4.78, 5) is 32.7. The summed E-state index contributed by atoms with van der Waals surface area (Å²) in [6, 6.07) is 9.27. The number of carbonyl (C=O) groups excluding carboxylic acids is 2. The van der Waals surface area contributed by atoms with E-state index >= 15 is 0 Å². The molecular formula is C27H28ClF2N3O5. The van der Waals surface area contributed by atoms with Crippen molar-refractivity contribution in [3.63, 3.8) is 0 Å². The van der Waals surface area contributed by atoms with Crippen LogP contribution in [0.15, 0.2) is 48.7 Å². The number of hydrogen-bond acceptors (Lipinski definition) is 7. The third kappa shape index (κ3) is 8.65. The highest BCUT2D eigenvalue weighted by molar-refractivity contribution is 6.30. The molecule has 1 atom stereocenters. The smallest absolute Gasteiger partial charge is 0.407 e. The molecule has 0 fully saturated rings. The fourth-order valence-electron chi connectivity index (χ4n) is 3.39. The van der Waals surface area contributed by atoms with Crippen LogP contribution in [0.1, 0.15) is 39.8 Å². The maximum atomic E-state index is 14.7. The highest BCUT2D eigenvalue weighted by Gasteiger charge is 2.23. The lowest BCUT2D eigenvalue weighted by Gasteiger charge is -2.23. The molecule has 1 N–H and O–H groups in total. The number of pyridine rings is 2. The maximum Gasteiger partial charge on any atom is 0.407 e. The zero-order valence-corrected chi connectivity index (χ0v) is 22.1. The zero-order valence-electron chi connectivity index (χ0n) is 21.4. The van der Waals surface area contributed by atoms with Gasteiger partial charge in [0, 0.05) is 29.9 Å². The van der Waals surface area contributed by atoms with E-state index in [2.05, 4.69) is 15.3 Å². The Morgan fingerprint density at radius 2 is 1.79 bits per heavy atom. The Morgan fingerprint density at radius 1 is 1.08 bits per heavy atom. The first-order chi connectivity index (χ1) is 17.9. The molecule has 2 heterocycles. The number of nitrogens with one attached hydrogen (secondary N) is 1. The van der Waals surface area contributed by atoms with Gasteiger partial charge in [-0.2, -0.15) is 0 Å². The monoisotopic (exact) mass is 547 g/mol. The predicted octanol–water partition coefficient (Wildman–Crippen LogP) is 6.26. The Balaban J connectivity index is 1.78. The number of rotatable bonds is 9. The van der Waals surface area contributed by atoms with Crippen LogP contribution in [-0.2, 0) is 20.7 Å². The summed E-state index contributed by atoms with van der Waals surface area (Å²) in [7, 11) is 0. The normalized spacial score (nSPS) is 12.0. The molecule has 1 amide bonds. The van der Waals surface area contributed by atoms with Gasteiger partial charge in [-0.25, -0.2) is 23.5 Å². The lowest BCUT2D eigenvalue weighted by atomic mass is 10.1. The summed E-state index contributed by atoms with van der Waals surface area (Å²) in [5, 5.41) is 2.80. The number of esters is 1. The van der Waals surface area contributed by atoms with Crippen LogP contribution < -0.4 is 10.1 Å². The van der Waals surface area contributed by atoms with E-state index in [1.165, 1.54) is 30.5 Å². The number of nitrogens with zero attached hydrogens (tertiary/aromatic N) is 2. The van der Waals surface area contributed by atoms with Gasteiger partial charge in [-0.05, 0) is 70.2 Å². The second-order valence-electron chi connectivity index (χ2n) is 9.26. The highest BCUT2D eigenvalue weighted by atomic mass is 35.5. The van der Waals surface area contributed by atoms with Gasteiger partial charge in [-0.3, -0.25) is 4.79 Å². The molecule has 8 nitrogen and oxygen atoms in total. The molecule has 1 aromatic carbocycles. The topological polar surface area (TPSA) is 99.6 Å². The quantitative estimate of drug-likeness (QED) is 0.316. The summed E-state index contributed by atoms with van der Waals surface area (Å²) in [6.45, 7) is 7.04. The maximum absolute atomic E-state index is 14.7. The first kappa shape index (κ1) is 28.8. The van der Waals surface area contributed by atoms with Crippen LogP contribution in [0.4, 0.5) is 13.6 Å². The largest absolute Gasteiger partial charge is 0.466 e. The lowest BCUT2D eigenvalue weighted by Crippen LogP contribution is -2.41. The van der Waals surface area contributed by atoms with Crippen LogP contribution >= 0.6 is 11.6 Å². The van der Waals surface area contributed by atoms with Gasteiger partial charge < -0.3 is 19.5 Å². The van der Waals surface area contributed by atoms with Gasteiger partial charge >= 0.3 is 12.1 Å². The van der Waals surface area contributed by atoms with Crippen molar-refractivity contribution in [2.75, 3.05) is 6.61 Å². The van der Waals surface area contributed by atoms with E-state index < -0.39 is 35.3 Å². The molecule has 3 aromatic rings. The number of amides is 1. The van der Waals surface area contributed by atoms with Crippen LogP contribution in [0.5, 0.6) is 11.6 Å². The van der Waals surface area contributed by atoms with Crippen LogP contribution in [0.25, 0.3) is 11.3 Å². The molecule has 0 bridgehead atoms. The molecule has 0 radical (unpaired) electrons. The summed E-state index contributed by atoms with van der Waals surface area (Å²) >= 11 is 5.71. The zero-order chi connectivity index (χ0) is 27.9. The van der Waals surface area contributed by atoms with Crippen molar-refractivity contribution in [2.45, 2.75) is 52.2 Å². The second-order valence-corrected chi connectivity index (χ2v) is 9.69. The van der Waals surface area contributed by atoms with E-state index in [0.29, 0.717) is 11.3 Å². The Labute approximate surface area is 224 Å². The average molecular weight is 548 g/mol. The first-order valence-corrected chi connectivity index (χ1v) is 12.2. The highest BCUT2D eigenvalue weighted by Crippen LogP contribution is 2.28. The molecular weight excluding hydrogens is 520 g/mol. The Kier molecular flexibility index (Phi) is 9.57. The second kappa shape index (κ2) is 12.6. The summed E-state index contributed by atoms with van der Waals surface area (Å²) in [6.07, 6.45) is 0.555. The standard InChI is InChI=1S/C27H28ClF2N3O5/c1-5-36-23(34)14-19(33-26(35)38-27(2,3)4)13-18-8-11-21(29)24(32-18)16-6-9-20(10-7-16)37-25-22(30)12-17(28)15-31-25/h6-12,15,19H,5,13-14H2,1-4H3,(H,33,35).